The average molecular weight is 361 g/mol. The van der Waals surface area contributed by atoms with Gasteiger partial charge in [0.2, 0.25) is 0 Å². The molecule has 0 bridgehead atoms. The van der Waals surface area contributed by atoms with Crippen molar-refractivity contribution in [3.8, 4) is 0 Å². The summed E-state index contributed by atoms with van der Waals surface area (Å²) in [7, 11) is 2.41. The molecule has 0 spiro atoms. The average Bonchev–Trinajstić information content (AvgIpc) is 2.65. The Morgan fingerprint density at radius 1 is 1.08 bits per heavy atom. The molecule has 128 valence electrons. The second kappa shape index (κ2) is 6.57. The molecule has 6 nitrogen and oxygen atoms in total. The number of para-hydroxylation sites is 1. The van der Waals surface area contributed by atoms with E-state index in [2.05, 4.69) is 0 Å². The molecule has 1 heterocycles. The molecule has 0 aliphatic heterocycles. The summed E-state index contributed by atoms with van der Waals surface area (Å²) in [6, 6.07) is 8.12. The van der Waals surface area contributed by atoms with E-state index < -0.39 is 17.6 Å². The lowest BCUT2D eigenvalue weighted by Crippen LogP contribution is -2.15. The summed E-state index contributed by atoms with van der Waals surface area (Å²) in [5, 5.41) is 0.954. The van der Waals surface area contributed by atoms with Gasteiger partial charge in [-0.25, -0.2) is 14.4 Å². The van der Waals surface area contributed by atoms with Crippen molar-refractivity contribution in [3.63, 3.8) is 0 Å². The minimum Gasteiger partial charge on any atom is -0.465 e. The van der Waals surface area contributed by atoms with Crippen LogP contribution in [0.15, 0.2) is 39.5 Å². The first-order chi connectivity index (χ1) is 12.0. The van der Waals surface area contributed by atoms with Gasteiger partial charge >= 0.3 is 17.6 Å². The predicted molar refractivity (Wildman–Crippen MR) is 92.2 cm³/mol. The number of fused-ring (bicyclic) bond motifs is 3. The Balaban J connectivity index is 2.64. The molecule has 1 aromatic heterocycles. The van der Waals surface area contributed by atoms with Crippen molar-refractivity contribution >= 4 is 45.3 Å². The molecule has 0 saturated heterocycles. The maximum absolute atomic E-state index is 12.5. The van der Waals surface area contributed by atoms with Crippen LogP contribution in [0.25, 0.3) is 21.7 Å². The molecule has 2 aromatic carbocycles. The van der Waals surface area contributed by atoms with Gasteiger partial charge in [0.25, 0.3) is 0 Å². The zero-order chi connectivity index (χ0) is 18.1. The highest BCUT2D eigenvalue weighted by atomic mass is 35.5. The van der Waals surface area contributed by atoms with Gasteiger partial charge in [-0.1, -0.05) is 18.2 Å². The topological polar surface area (TPSA) is 82.8 Å². The molecule has 3 rings (SSSR count). The van der Waals surface area contributed by atoms with Crippen LogP contribution in [0, 0.1) is 0 Å². The summed E-state index contributed by atoms with van der Waals surface area (Å²) in [6.45, 7) is 0. The molecule has 0 N–H and O–H groups in total. The summed E-state index contributed by atoms with van der Waals surface area (Å²) < 4.78 is 14.9. The van der Waals surface area contributed by atoms with Gasteiger partial charge in [-0.05, 0) is 17.7 Å². The Hall–Kier alpha value is -2.86. The smallest absolute Gasteiger partial charge is 0.344 e. The van der Waals surface area contributed by atoms with Gasteiger partial charge in [0, 0.05) is 16.7 Å². The largest absolute Gasteiger partial charge is 0.465 e. The van der Waals surface area contributed by atoms with Crippen molar-refractivity contribution in [1.29, 1.82) is 0 Å². The molecule has 0 saturated carbocycles. The molecule has 0 fully saturated rings. The van der Waals surface area contributed by atoms with Gasteiger partial charge in [0.15, 0.2) is 0 Å². The molecule has 0 amide bonds. The number of hydrogen-bond acceptors (Lipinski definition) is 6. The number of alkyl halides is 1. The normalized spacial score (nSPS) is 10.8. The molecular formula is C18H13ClO6. The van der Waals surface area contributed by atoms with Crippen LogP contribution in [-0.4, -0.2) is 26.2 Å². The van der Waals surface area contributed by atoms with Crippen molar-refractivity contribution in [2.75, 3.05) is 14.2 Å². The van der Waals surface area contributed by atoms with Gasteiger partial charge in [-0.15, -0.1) is 11.6 Å². The Labute approximate surface area is 146 Å². The van der Waals surface area contributed by atoms with E-state index in [0.717, 1.165) is 0 Å². The standard InChI is InChI=1S/C18H13ClO6/c1-23-16(20)10-7-11-14(15(12(10)8-19)18(22)24-2)9-5-3-4-6-13(9)25-17(11)21/h3-7H,8H2,1-2H3. The fourth-order valence-electron chi connectivity index (χ4n) is 2.84. The Morgan fingerprint density at radius 3 is 2.40 bits per heavy atom. The molecule has 7 heteroatoms. The lowest BCUT2D eigenvalue weighted by Gasteiger charge is -2.14. The highest BCUT2D eigenvalue weighted by Crippen LogP contribution is 2.32. The van der Waals surface area contributed by atoms with Crippen LogP contribution < -0.4 is 5.63 Å². The minimum absolute atomic E-state index is 0.0213. The quantitative estimate of drug-likeness (QED) is 0.308. The van der Waals surface area contributed by atoms with E-state index in [9.17, 15) is 14.4 Å². The number of methoxy groups -OCH3 is 2. The maximum atomic E-state index is 12.5. The summed E-state index contributed by atoms with van der Waals surface area (Å²) in [6.07, 6.45) is 0. The Bertz CT molecular complexity index is 1070. The van der Waals surface area contributed by atoms with Crippen LogP contribution in [0.4, 0.5) is 0 Å². The second-order valence-corrected chi connectivity index (χ2v) is 5.47. The third kappa shape index (κ3) is 2.64. The van der Waals surface area contributed by atoms with E-state index in [0.29, 0.717) is 16.4 Å². The summed E-state index contributed by atoms with van der Waals surface area (Å²) >= 11 is 6.01. The van der Waals surface area contributed by atoms with Crippen LogP contribution in [0.3, 0.4) is 0 Å². The minimum atomic E-state index is -0.713. The zero-order valence-corrected chi connectivity index (χ0v) is 14.2. The first kappa shape index (κ1) is 17.0. The SMILES string of the molecule is COC(=O)c1cc2c(=O)oc3ccccc3c2c(C(=O)OC)c1CCl. The van der Waals surface area contributed by atoms with Crippen molar-refractivity contribution in [1.82, 2.24) is 0 Å². The van der Waals surface area contributed by atoms with Gasteiger partial charge in [-0.3, -0.25) is 0 Å². The number of ether oxygens (including phenoxy) is 2. The number of halogens is 1. The van der Waals surface area contributed by atoms with Crippen LogP contribution in [0.5, 0.6) is 0 Å². The van der Waals surface area contributed by atoms with E-state index in [1.807, 2.05) is 0 Å². The number of carbonyl (C=O) groups excluding carboxylic acids is 2. The number of esters is 2. The van der Waals surface area contributed by atoms with Crippen molar-refractivity contribution in [2.24, 2.45) is 0 Å². The fourth-order valence-corrected chi connectivity index (χ4v) is 3.12. The number of hydrogen-bond donors (Lipinski definition) is 0. The number of carbonyl (C=O) groups is 2. The van der Waals surface area contributed by atoms with Crippen molar-refractivity contribution in [2.45, 2.75) is 5.88 Å². The second-order valence-electron chi connectivity index (χ2n) is 5.20. The van der Waals surface area contributed by atoms with E-state index in [-0.39, 0.29) is 28.0 Å². The summed E-state index contributed by atoms with van der Waals surface area (Å²) in [4.78, 5) is 37.0. The van der Waals surface area contributed by atoms with Crippen LogP contribution >= 0.6 is 11.6 Å². The maximum Gasteiger partial charge on any atom is 0.344 e. The summed E-state index contributed by atoms with van der Waals surface area (Å²) in [5.74, 6) is -1.56. The summed E-state index contributed by atoms with van der Waals surface area (Å²) in [5.41, 5.74) is -0.0438. The van der Waals surface area contributed by atoms with Crippen LogP contribution in [0.2, 0.25) is 0 Å². The first-order valence-corrected chi connectivity index (χ1v) is 7.81. The lowest BCUT2D eigenvalue weighted by atomic mass is 9.93. The van der Waals surface area contributed by atoms with Crippen LogP contribution in [0.1, 0.15) is 26.3 Å². The number of rotatable bonds is 3. The van der Waals surface area contributed by atoms with E-state index >= 15 is 0 Å². The first-order valence-electron chi connectivity index (χ1n) is 7.27. The fraction of sp³-hybridized carbons (Fsp3) is 0.167. The third-order valence-corrected chi connectivity index (χ3v) is 4.21. The Morgan fingerprint density at radius 2 is 1.76 bits per heavy atom. The number of benzene rings is 2. The van der Waals surface area contributed by atoms with E-state index in [4.69, 9.17) is 25.5 Å². The van der Waals surface area contributed by atoms with Gasteiger partial charge in [0.1, 0.15) is 5.58 Å². The molecule has 0 aliphatic carbocycles. The Kier molecular flexibility index (Phi) is 4.46. The lowest BCUT2D eigenvalue weighted by molar-refractivity contribution is 0.0599. The van der Waals surface area contributed by atoms with Crippen molar-refractivity contribution in [3.05, 3.63) is 57.4 Å². The molecule has 0 unspecified atom stereocenters. The highest BCUT2D eigenvalue weighted by molar-refractivity contribution is 6.22. The third-order valence-electron chi connectivity index (χ3n) is 3.94. The van der Waals surface area contributed by atoms with E-state index in [1.54, 1.807) is 24.3 Å². The molecule has 25 heavy (non-hydrogen) atoms. The zero-order valence-electron chi connectivity index (χ0n) is 13.4. The van der Waals surface area contributed by atoms with Gasteiger partial charge in [0.05, 0.1) is 30.7 Å². The monoisotopic (exact) mass is 360 g/mol. The molecule has 3 aromatic rings. The molecule has 0 aliphatic rings. The highest BCUT2D eigenvalue weighted by Gasteiger charge is 2.26. The van der Waals surface area contributed by atoms with Crippen molar-refractivity contribution < 1.29 is 23.5 Å². The molecular weight excluding hydrogens is 348 g/mol. The predicted octanol–water partition coefficient (Wildman–Crippen LogP) is 3.26. The molecule has 0 radical (unpaired) electrons. The van der Waals surface area contributed by atoms with Crippen LogP contribution in [-0.2, 0) is 15.4 Å². The molecule has 0 atom stereocenters. The van der Waals surface area contributed by atoms with E-state index in [1.165, 1.54) is 20.3 Å². The van der Waals surface area contributed by atoms with Gasteiger partial charge in [-0.2, -0.15) is 0 Å². The van der Waals surface area contributed by atoms with Gasteiger partial charge < -0.3 is 13.9 Å².